The van der Waals surface area contributed by atoms with Gasteiger partial charge in [0.15, 0.2) is 30.7 Å². The zero-order valence-electron chi connectivity index (χ0n) is 45.4. The molecule has 0 saturated carbocycles. The first-order chi connectivity index (χ1) is 29.6. The molecule has 65 heavy (non-hydrogen) atoms. The number of aliphatic hydroxyl groups excluding tert-OH is 1. The van der Waals surface area contributed by atoms with Crippen LogP contribution in [0.4, 0.5) is 4.79 Å². The Kier molecular flexibility index (Phi) is 26.3. The van der Waals surface area contributed by atoms with E-state index in [1.807, 2.05) is 32.1 Å². The number of carbonyl (C=O) groups is 3. The van der Waals surface area contributed by atoms with Crippen molar-refractivity contribution in [2.45, 2.75) is 215 Å². The molecule has 1 amide bonds. The topological polar surface area (TPSA) is 144 Å². The van der Waals surface area contributed by atoms with Gasteiger partial charge in [0.05, 0.1) is 37.4 Å². The van der Waals surface area contributed by atoms with Gasteiger partial charge >= 0.3 is 12.1 Å². The van der Waals surface area contributed by atoms with Crippen LogP contribution in [-0.4, -0.2) is 85.5 Å². The highest BCUT2D eigenvalue weighted by molar-refractivity contribution is 6.74. The number of primary amides is 1. The van der Waals surface area contributed by atoms with Gasteiger partial charge in [-0.2, -0.15) is 0 Å². The summed E-state index contributed by atoms with van der Waals surface area (Å²) in [6, 6.07) is 2.68. The molecule has 0 aliphatic carbocycles. The number of aliphatic hydroxyl groups is 1. The molecule has 0 aromatic heterocycles. The van der Waals surface area contributed by atoms with E-state index in [1.165, 1.54) is 12.7 Å². The van der Waals surface area contributed by atoms with Crippen molar-refractivity contribution in [2.24, 2.45) is 47.2 Å². The molecule has 0 fully saturated rings. The molecule has 0 saturated heterocycles. The van der Waals surface area contributed by atoms with E-state index in [9.17, 15) is 19.5 Å². The summed E-state index contributed by atoms with van der Waals surface area (Å²) in [4.78, 5) is 38.7. The van der Waals surface area contributed by atoms with Crippen LogP contribution in [0.1, 0.15) is 131 Å². The molecule has 0 bridgehead atoms. The summed E-state index contributed by atoms with van der Waals surface area (Å²) in [6.45, 7) is 49.1. The molecule has 0 rings (SSSR count). The molecule has 0 heterocycles. The Morgan fingerprint density at radius 3 is 1.60 bits per heavy atom. The van der Waals surface area contributed by atoms with Gasteiger partial charge in [-0.15, -0.1) is 0 Å². The quantitative estimate of drug-likeness (QED) is 0.0246. The Bertz CT molecular complexity index is 1570. The van der Waals surface area contributed by atoms with E-state index in [2.05, 4.69) is 136 Å². The fraction of sp³-hybridized carbons (Fsp3) is 0.788. The summed E-state index contributed by atoms with van der Waals surface area (Å²) in [5, 5.41) is 11.4. The molecule has 12 atom stereocenters. The van der Waals surface area contributed by atoms with Gasteiger partial charge in [-0.05, 0) is 98.5 Å². The molecule has 0 aromatic rings. The lowest BCUT2D eigenvalue weighted by Crippen LogP contribution is -2.50. The number of nitrogens with two attached hydrogens (primary N) is 1. The van der Waals surface area contributed by atoms with Gasteiger partial charge in [0.25, 0.3) is 0 Å². The van der Waals surface area contributed by atoms with E-state index in [0.717, 1.165) is 24.6 Å². The molecule has 378 valence electrons. The second-order valence-electron chi connectivity index (χ2n) is 22.4. The molecule has 0 aliphatic rings. The number of ether oxygens (including phenoxy) is 2. The van der Waals surface area contributed by atoms with Gasteiger partial charge < -0.3 is 33.6 Å². The summed E-state index contributed by atoms with van der Waals surface area (Å²) < 4.78 is 32.2. The molecule has 0 aromatic carbocycles. The number of hydrogen-bond donors (Lipinski definition) is 2. The van der Waals surface area contributed by atoms with Crippen LogP contribution in [0.25, 0.3) is 0 Å². The highest BCUT2D eigenvalue weighted by Crippen LogP contribution is 2.43. The number of esters is 1. The van der Waals surface area contributed by atoms with Crippen LogP contribution in [0.15, 0.2) is 48.6 Å². The number of carbonyl (C=O) groups excluding carboxylic acids is 3. The summed E-state index contributed by atoms with van der Waals surface area (Å²) >= 11 is 0. The molecule has 0 radical (unpaired) electrons. The second-order valence-corrected chi connectivity index (χ2v) is 36.7. The number of hydrogen-bond acceptors (Lipinski definition) is 9. The summed E-state index contributed by atoms with van der Waals surface area (Å²) in [5.41, 5.74) is 6.85. The van der Waals surface area contributed by atoms with Crippen molar-refractivity contribution >= 4 is 42.8 Å². The largest absolute Gasteiger partial charge is 0.469 e. The molecule has 3 N–H and O–H groups in total. The first-order valence-corrected chi connectivity index (χ1v) is 32.9. The Balaban J connectivity index is 6.89. The van der Waals surface area contributed by atoms with Crippen molar-refractivity contribution < 1.29 is 42.2 Å². The van der Waals surface area contributed by atoms with Crippen molar-refractivity contribution in [1.82, 2.24) is 0 Å². The molecule has 0 aliphatic heterocycles. The molecular weight excluding hydrogens is 867 g/mol. The fourth-order valence-electron chi connectivity index (χ4n) is 8.40. The number of amides is 1. The van der Waals surface area contributed by atoms with E-state index >= 15 is 0 Å². The molecule has 13 heteroatoms. The maximum atomic E-state index is 13.6. The minimum atomic E-state index is -2.28. The van der Waals surface area contributed by atoms with Crippen LogP contribution in [-0.2, 0) is 32.3 Å². The monoisotopic (exact) mass is 966 g/mol. The minimum Gasteiger partial charge on any atom is -0.469 e. The van der Waals surface area contributed by atoms with Gasteiger partial charge in [-0.1, -0.05) is 146 Å². The predicted octanol–water partition coefficient (Wildman–Crippen LogP) is 13.2. The second kappa shape index (κ2) is 27.2. The normalized spacial score (nSPS) is 19.3. The third kappa shape index (κ3) is 19.4. The average molecular weight is 967 g/mol. The van der Waals surface area contributed by atoms with Crippen LogP contribution in [0.2, 0.25) is 54.4 Å². The van der Waals surface area contributed by atoms with E-state index in [1.54, 1.807) is 19.1 Å². The number of ketones is 1. The summed E-state index contributed by atoms with van der Waals surface area (Å²) in [6.07, 6.45) is 8.69. The standard InChI is InChI=1S/C52H99NO9Si3/c1-24-28-29-36(6)46(59-50(53)57)41(11)47(61-64(22,23)52(16,17)18)39(9)33-35(5)32-38(8)45(60-63(20,21)51(13,14)15)37(7)30-31-43(54)34-44(55)40(10)48(42(12)49(56)58-19)62-65(25-2,26-3)27-4/h24,28-32,36-42,44-48,55H,1,25-27,33-34H2,2-23H3,(H2,53,57)/b29-28-,31-30-,35-32-/t36-,37-,38-,39-,40-,41+,42+,44-,45-,46-,47+,48-/m0/s1. The fourth-order valence-corrected chi connectivity index (χ4v) is 14.3. The van der Waals surface area contributed by atoms with Crippen molar-refractivity contribution in [2.75, 3.05) is 7.11 Å². The highest BCUT2D eigenvalue weighted by atomic mass is 28.4. The first kappa shape index (κ1) is 62.9. The third-order valence-electron chi connectivity index (χ3n) is 15.1. The smallest absolute Gasteiger partial charge is 0.404 e. The van der Waals surface area contributed by atoms with Crippen molar-refractivity contribution in [3.05, 3.63) is 48.6 Å². The molecule has 0 unspecified atom stereocenters. The Labute approximate surface area is 401 Å². The van der Waals surface area contributed by atoms with Gasteiger partial charge in [0.1, 0.15) is 6.10 Å². The van der Waals surface area contributed by atoms with Crippen LogP contribution in [0, 0.1) is 41.4 Å². The van der Waals surface area contributed by atoms with Crippen LogP contribution < -0.4 is 5.73 Å². The summed E-state index contributed by atoms with van der Waals surface area (Å²) in [5.74, 6) is -2.04. The average Bonchev–Trinajstić information content (AvgIpc) is 3.20. The van der Waals surface area contributed by atoms with Crippen LogP contribution in [0.3, 0.4) is 0 Å². The Hall–Kier alpha value is -2.14. The van der Waals surface area contributed by atoms with Crippen molar-refractivity contribution in [3.63, 3.8) is 0 Å². The maximum Gasteiger partial charge on any atom is 0.404 e. The van der Waals surface area contributed by atoms with Crippen molar-refractivity contribution in [1.29, 1.82) is 0 Å². The van der Waals surface area contributed by atoms with E-state index in [-0.39, 0.29) is 70.0 Å². The molecular formula is C52H99NO9Si3. The SMILES string of the molecule is C=C/C=C\[C@H](C)[C@H](OC(N)=O)[C@@H](C)[C@H](O[Si](C)(C)C(C)(C)C)[C@@H](C)C/C(C)=C\[C@H](C)[C@@H](O[Si](C)(C)C(C)(C)C)[C@@H](C)/C=C\C(=O)C[C@H](O)[C@H](C)[C@H](O[Si](CC)(CC)CC)[C@@H](C)C(=O)OC. The van der Waals surface area contributed by atoms with Crippen LogP contribution in [0.5, 0.6) is 0 Å². The predicted molar refractivity (Wildman–Crippen MR) is 279 cm³/mol. The minimum absolute atomic E-state index is 0.0123. The number of methoxy groups -OCH3 is 1. The molecule has 0 spiro atoms. The lowest BCUT2D eigenvalue weighted by molar-refractivity contribution is -0.150. The van der Waals surface area contributed by atoms with Gasteiger partial charge in [-0.3, -0.25) is 9.59 Å². The lowest BCUT2D eigenvalue weighted by Gasteiger charge is -2.45. The number of rotatable bonds is 29. The van der Waals surface area contributed by atoms with Crippen LogP contribution >= 0.6 is 0 Å². The molecule has 10 nitrogen and oxygen atoms in total. The van der Waals surface area contributed by atoms with E-state index in [4.69, 9.17) is 28.5 Å². The zero-order chi connectivity index (χ0) is 51.1. The van der Waals surface area contributed by atoms with E-state index < -0.39 is 61.2 Å². The van der Waals surface area contributed by atoms with Gasteiger partial charge in [0.2, 0.25) is 0 Å². The number of allylic oxidation sites excluding steroid dienone is 4. The maximum absolute atomic E-state index is 13.6. The van der Waals surface area contributed by atoms with Gasteiger partial charge in [0, 0.05) is 24.2 Å². The van der Waals surface area contributed by atoms with Gasteiger partial charge in [-0.25, -0.2) is 4.79 Å². The first-order valence-electron chi connectivity index (χ1n) is 24.6. The highest BCUT2D eigenvalue weighted by Gasteiger charge is 2.45. The Morgan fingerprint density at radius 2 is 1.17 bits per heavy atom. The third-order valence-corrected chi connectivity index (χ3v) is 28.7. The van der Waals surface area contributed by atoms with Crippen molar-refractivity contribution in [3.8, 4) is 0 Å². The Morgan fingerprint density at radius 1 is 0.692 bits per heavy atom. The lowest BCUT2D eigenvalue weighted by atomic mass is 9.81. The summed E-state index contributed by atoms with van der Waals surface area (Å²) in [7, 11) is -5.36. The zero-order valence-corrected chi connectivity index (χ0v) is 48.4. The van der Waals surface area contributed by atoms with E-state index in [0.29, 0.717) is 0 Å².